The van der Waals surface area contributed by atoms with Gasteiger partial charge in [0.05, 0.1) is 0 Å². The lowest BCUT2D eigenvalue weighted by atomic mass is 10.0. The van der Waals surface area contributed by atoms with Gasteiger partial charge in [-0.25, -0.2) is 0 Å². The molecule has 0 aromatic heterocycles. The van der Waals surface area contributed by atoms with E-state index < -0.39 is 0 Å². The Hall–Kier alpha value is -0.310. The smallest absolute Gasteiger partial charge is 0.168 e. The van der Waals surface area contributed by atoms with Gasteiger partial charge in [-0.3, -0.25) is 0 Å². The van der Waals surface area contributed by atoms with Crippen molar-refractivity contribution in [3.05, 3.63) is 0 Å². The van der Waals surface area contributed by atoms with Crippen molar-refractivity contribution in [3.8, 4) is 0 Å². The zero-order valence-corrected chi connectivity index (χ0v) is 11.1. The number of rotatable bonds is 4. The topological polar surface area (TPSA) is 15.3 Å². The second-order valence-corrected chi connectivity index (χ2v) is 5.36. The van der Waals surface area contributed by atoms with Crippen LogP contribution in [0, 0.1) is 11.8 Å². The summed E-state index contributed by atoms with van der Waals surface area (Å²) in [5.41, 5.74) is 0. The Morgan fingerprint density at radius 1 is 1.53 bits per heavy atom. The van der Waals surface area contributed by atoms with Crippen LogP contribution in [0.25, 0.3) is 0 Å². The van der Waals surface area contributed by atoms with Crippen molar-refractivity contribution in [2.24, 2.45) is 11.8 Å². The summed E-state index contributed by atoms with van der Waals surface area (Å²) in [7, 11) is 0. The van der Waals surface area contributed by atoms with E-state index in [1.165, 1.54) is 19.3 Å². The molecule has 3 heteroatoms. The molecule has 0 amide bonds. The SMILES string of the molecule is CCCC1CCN(C(=S)NCC(C)C)C1. The lowest BCUT2D eigenvalue weighted by molar-refractivity contribution is 0.448. The van der Waals surface area contributed by atoms with Crippen LogP contribution in [0.1, 0.15) is 40.0 Å². The van der Waals surface area contributed by atoms with Crippen LogP contribution in [0.2, 0.25) is 0 Å². The summed E-state index contributed by atoms with van der Waals surface area (Å²) in [6.07, 6.45) is 3.96. The number of thiocarbonyl (C=S) groups is 1. The van der Waals surface area contributed by atoms with Crippen LogP contribution in [0.5, 0.6) is 0 Å². The van der Waals surface area contributed by atoms with E-state index >= 15 is 0 Å². The van der Waals surface area contributed by atoms with Crippen LogP contribution < -0.4 is 5.32 Å². The number of nitrogens with one attached hydrogen (secondary N) is 1. The molecule has 0 bridgehead atoms. The molecule has 1 fully saturated rings. The average molecular weight is 228 g/mol. The predicted molar refractivity (Wildman–Crippen MR) is 70.0 cm³/mol. The van der Waals surface area contributed by atoms with Crippen LogP contribution in [-0.2, 0) is 0 Å². The van der Waals surface area contributed by atoms with Gasteiger partial charge in [0, 0.05) is 19.6 Å². The van der Waals surface area contributed by atoms with Gasteiger partial charge in [-0.1, -0.05) is 27.2 Å². The molecule has 0 aromatic rings. The third kappa shape index (κ3) is 4.37. The molecule has 1 N–H and O–H groups in total. The largest absolute Gasteiger partial charge is 0.362 e. The highest BCUT2D eigenvalue weighted by atomic mass is 32.1. The third-order valence-electron chi connectivity index (χ3n) is 2.93. The number of nitrogens with zero attached hydrogens (tertiary/aromatic N) is 1. The van der Waals surface area contributed by atoms with Gasteiger partial charge in [-0.05, 0) is 36.9 Å². The summed E-state index contributed by atoms with van der Waals surface area (Å²) in [4.78, 5) is 2.33. The minimum Gasteiger partial charge on any atom is -0.362 e. The Morgan fingerprint density at radius 3 is 2.87 bits per heavy atom. The molecular weight excluding hydrogens is 204 g/mol. The van der Waals surface area contributed by atoms with E-state index in [0.29, 0.717) is 5.92 Å². The first kappa shape index (κ1) is 12.8. The van der Waals surface area contributed by atoms with E-state index in [1.54, 1.807) is 0 Å². The number of likely N-dealkylation sites (tertiary alicyclic amines) is 1. The molecule has 1 unspecified atom stereocenters. The van der Waals surface area contributed by atoms with Gasteiger partial charge in [0.2, 0.25) is 0 Å². The molecule has 0 aromatic carbocycles. The molecule has 88 valence electrons. The monoisotopic (exact) mass is 228 g/mol. The fourth-order valence-corrected chi connectivity index (χ4v) is 2.31. The van der Waals surface area contributed by atoms with Gasteiger partial charge >= 0.3 is 0 Å². The Morgan fingerprint density at radius 2 is 2.27 bits per heavy atom. The summed E-state index contributed by atoms with van der Waals surface area (Å²) >= 11 is 5.38. The van der Waals surface area contributed by atoms with Gasteiger partial charge < -0.3 is 10.2 Å². The Labute approximate surface area is 99.4 Å². The first-order valence-corrected chi connectivity index (χ1v) is 6.57. The molecule has 1 saturated heterocycles. The lowest BCUT2D eigenvalue weighted by Crippen LogP contribution is -2.39. The molecule has 0 spiro atoms. The highest BCUT2D eigenvalue weighted by Crippen LogP contribution is 2.20. The zero-order chi connectivity index (χ0) is 11.3. The third-order valence-corrected chi connectivity index (χ3v) is 3.33. The summed E-state index contributed by atoms with van der Waals surface area (Å²) < 4.78 is 0. The predicted octanol–water partition coefficient (Wildman–Crippen LogP) is 2.64. The van der Waals surface area contributed by atoms with Crippen molar-refractivity contribution in [3.63, 3.8) is 0 Å². The quantitative estimate of drug-likeness (QED) is 0.745. The fraction of sp³-hybridized carbons (Fsp3) is 0.917. The van der Waals surface area contributed by atoms with Gasteiger partial charge in [0.25, 0.3) is 0 Å². The van der Waals surface area contributed by atoms with Crippen molar-refractivity contribution < 1.29 is 0 Å². The molecular formula is C12H24N2S. The molecule has 2 nitrogen and oxygen atoms in total. The summed E-state index contributed by atoms with van der Waals surface area (Å²) in [6, 6.07) is 0. The first-order chi connectivity index (χ1) is 7.13. The van der Waals surface area contributed by atoms with Crippen LogP contribution in [0.4, 0.5) is 0 Å². The van der Waals surface area contributed by atoms with Crippen LogP contribution in [0.15, 0.2) is 0 Å². The van der Waals surface area contributed by atoms with E-state index in [1.807, 2.05) is 0 Å². The van der Waals surface area contributed by atoms with Crippen LogP contribution >= 0.6 is 12.2 Å². The molecule has 1 atom stereocenters. The maximum atomic E-state index is 5.38. The number of hydrogen-bond acceptors (Lipinski definition) is 1. The minimum atomic E-state index is 0.664. The van der Waals surface area contributed by atoms with Crippen molar-refractivity contribution in [2.75, 3.05) is 19.6 Å². The van der Waals surface area contributed by atoms with E-state index in [-0.39, 0.29) is 0 Å². The molecule has 1 rings (SSSR count). The normalized spacial score (nSPS) is 21.1. The Kier molecular flexibility index (Phi) is 5.37. The maximum absolute atomic E-state index is 5.38. The second-order valence-electron chi connectivity index (χ2n) is 4.97. The zero-order valence-electron chi connectivity index (χ0n) is 10.3. The van der Waals surface area contributed by atoms with Crippen LogP contribution in [-0.4, -0.2) is 29.6 Å². The molecule has 0 aliphatic carbocycles. The van der Waals surface area contributed by atoms with Gasteiger partial charge in [-0.2, -0.15) is 0 Å². The number of hydrogen-bond donors (Lipinski definition) is 1. The van der Waals surface area contributed by atoms with E-state index in [0.717, 1.165) is 30.7 Å². The average Bonchev–Trinajstić information content (AvgIpc) is 2.63. The van der Waals surface area contributed by atoms with Gasteiger partial charge in [0.15, 0.2) is 5.11 Å². The van der Waals surface area contributed by atoms with Crippen molar-refractivity contribution in [1.82, 2.24) is 10.2 Å². The fourth-order valence-electron chi connectivity index (χ4n) is 2.06. The highest BCUT2D eigenvalue weighted by molar-refractivity contribution is 7.80. The Balaban J connectivity index is 2.24. The molecule has 15 heavy (non-hydrogen) atoms. The molecule has 1 aliphatic heterocycles. The summed E-state index contributed by atoms with van der Waals surface area (Å²) in [5.74, 6) is 1.53. The molecule has 1 heterocycles. The second kappa shape index (κ2) is 6.31. The molecule has 0 radical (unpaired) electrons. The molecule has 1 aliphatic rings. The van der Waals surface area contributed by atoms with Gasteiger partial charge in [0.1, 0.15) is 0 Å². The van der Waals surface area contributed by atoms with Crippen LogP contribution in [0.3, 0.4) is 0 Å². The molecule has 0 saturated carbocycles. The summed E-state index contributed by atoms with van der Waals surface area (Å²) in [5, 5.41) is 4.30. The Bertz CT molecular complexity index is 204. The highest BCUT2D eigenvalue weighted by Gasteiger charge is 2.23. The lowest BCUT2D eigenvalue weighted by Gasteiger charge is -2.21. The van der Waals surface area contributed by atoms with E-state index in [4.69, 9.17) is 12.2 Å². The summed E-state index contributed by atoms with van der Waals surface area (Å²) in [6.45, 7) is 9.98. The van der Waals surface area contributed by atoms with Gasteiger partial charge in [-0.15, -0.1) is 0 Å². The van der Waals surface area contributed by atoms with Crippen molar-refractivity contribution >= 4 is 17.3 Å². The van der Waals surface area contributed by atoms with E-state index in [9.17, 15) is 0 Å². The minimum absolute atomic E-state index is 0.664. The van der Waals surface area contributed by atoms with Crippen molar-refractivity contribution in [1.29, 1.82) is 0 Å². The van der Waals surface area contributed by atoms with E-state index in [2.05, 4.69) is 31.0 Å². The standard InChI is InChI=1S/C12H24N2S/c1-4-5-11-6-7-14(9-11)12(15)13-8-10(2)3/h10-11H,4-9H2,1-3H3,(H,13,15). The maximum Gasteiger partial charge on any atom is 0.168 e. The van der Waals surface area contributed by atoms with Crippen molar-refractivity contribution in [2.45, 2.75) is 40.0 Å². The first-order valence-electron chi connectivity index (χ1n) is 6.16.